The number of nitro groups is 1. The summed E-state index contributed by atoms with van der Waals surface area (Å²) in [6.45, 7) is 6.63. The van der Waals surface area contributed by atoms with Gasteiger partial charge >= 0.3 is 0 Å². The third-order valence-electron chi connectivity index (χ3n) is 4.83. The summed E-state index contributed by atoms with van der Waals surface area (Å²) in [5.41, 5.74) is 2.97. The highest BCUT2D eigenvalue weighted by molar-refractivity contribution is 5.77. The van der Waals surface area contributed by atoms with Crippen LogP contribution >= 0.6 is 0 Å². The number of carbonyl (C=O) groups excluding carboxylic acids is 1. The first kappa shape index (κ1) is 19.7. The van der Waals surface area contributed by atoms with Crippen LogP contribution in [0.5, 0.6) is 5.75 Å². The molecule has 1 fully saturated rings. The van der Waals surface area contributed by atoms with Gasteiger partial charge in [0.1, 0.15) is 11.4 Å². The molecule has 7 heteroatoms. The second-order valence-electron chi connectivity index (χ2n) is 7.04. The quantitative estimate of drug-likeness (QED) is 0.565. The van der Waals surface area contributed by atoms with Gasteiger partial charge in [-0.25, -0.2) is 0 Å². The predicted molar refractivity (Wildman–Crippen MR) is 108 cm³/mol. The van der Waals surface area contributed by atoms with E-state index in [2.05, 4.69) is 6.07 Å². The van der Waals surface area contributed by atoms with Gasteiger partial charge in [0, 0.05) is 32.2 Å². The van der Waals surface area contributed by atoms with Crippen molar-refractivity contribution in [1.29, 1.82) is 0 Å². The molecule has 1 aliphatic rings. The van der Waals surface area contributed by atoms with Gasteiger partial charge in [0.2, 0.25) is 5.91 Å². The summed E-state index contributed by atoms with van der Waals surface area (Å²) in [6, 6.07) is 12.7. The highest BCUT2D eigenvalue weighted by Gasteiger charge is 2.25. The van der Waals surface area contributed by atoms with Gasteiger partial charge in [0.05, 0.1) is 18.0 Å². The number of benzene rings is 2. The molecule has 0 radical (unpaired) electrons. The van der Waals surface area contributed by atoms with Crippen LogP contribution in [0, 0.1) is 24.0 Å². The smallest absolute Gasteiger partial charge is 0.292 e. The molecular formula is C21H25N3O4. The van der Waals surface area contributed by atoms with Crippen LogP contribution < -0.4 is 9.64 Å². The van der Waals surface area contributed by atoms with Gasteiger partial charge in [0.25, 0.3) is 5.69 Å². The fourth-order valence-corrected chi connectivity index (χ4v) is 3.51. The van der Waals surface area contributed by atoms with E-state index in [0.717, 1.165) is 16.9 Å². The Labute approximate surface area is 164 Å². The van der Waals surface area contributed by atoms with Crippen LogP contribution in [0.25, 0.3) is 0 Å². The second kappa shape index (κ2) is 8.73. The van der Waals surface area contributed by atoms with E-state index in [-0.39, 0.29) is 16.5 Å². The normalized spacial score (nSPS) is 14.1. The van der Waals surface area contributed by atoms with Crippen molar-refractivity contribution in [3.8, 4) is 5.75 Å². The molecule has 0 N–H and O–H groups in total. The molecule has 0 aromatic heterocycles. The van der Waals surface area contributed by atoms with Crippen molar-refractivity contribution < 1.29 is 14.5 Å². The molecule has 1 saturated heterocycles. The van der Waals surface area contributed by atoms with E-state index in [0.29, 0.717) is 44.9 Å². The van der Waals surface area contributed by atoms with E-state index in [9.17, 15) is 14.9 Å². The average molecular weight is 383 g/mol. The third-order valence-corrected chi connectivity index (χ3v) is 4.83. The molecule has 0 unspecified atom stereocenters. The minimum Gasteiger partial charge on any atom is -0.493 e. The molecule has 1 aliphatic heterocycles. The Kier molecular flexibility index (Phi) is 6.13. The number of rotatable bonds is 6. The Morgan fingerprint density at radius 2 is 1.71 bits per heavy atom. The van der Waals surface area contributed by atoms with Gasteiger partial charge in [-0.3, -0.25) is 14.9 Å². The zero-order valence-corrected chi connectivity index (χ0v) is 16.3. The molecular weight excluding hydrogens is 358 g/mol. The van der Waals surface area contributed by atoms with E-state index >= 15 is 0 Å². The van der Waals surface area contributed by atoms with E-state index < -0.39 is 0 Å². The number of nitrogens with zero attached hydrogens (tertiary/aromatic N) is 3. The van der Waals surface area contributed by atoms with Gasteiger partial charge < -0.3 is 14.5 Å². The molecule has 0 bridgehead atoms. The van der Waals surface area contributed by atoms with E-state index in [1.165, 1.54) is 6.07 Å². The lowest BCUT2D eigenvalue weighted by atomic mass is 10.1. The van der Waals surface area contributed by atoms with E-state index in [4.69, 9.17) is 4.74 Å². The summed E-state index contributed by atoms with van der Waals surface area (Å²) in [6.07, 6.45) is 0.318. The highest BCUT2D eigenvalue weighted by atomic mass is 16.6. The number of hydrogen-bond donors (Lipinski definition) is 0. The molecule has 0 atom stereocenters. The monoisotopic (exact) mass is 383 g/mol. The van der Waals surface area contributed by atoms with Crippen molar-refractivity contribution in [3.63, 3.8) is 0 Å². The van der Waals surface area contributed by atoms with Gasteiger partial charge in [-0.1, -0.05) is 18.2 Å². The fraction of sp³-hybridized carbons (Fsp3) is 0.381. The first-order chi connectivity index (χ1) is 13.4. The molecule has 2 aromatic carbocycles. The molecule has 3 rings (SSSR count). The lowest BCUT2D eigenvalue weighted by Crippen LogP contribution is -2.49. The number of ether oxygens (including phenoxy) is 1. The van der Waals surface area contributed by atoms with Gasteiger partial charge in [-0.15, -0.1) is 0 Å². The third kappa shape index (κ3) is 4.79. The largest absolute Gasteiger partial charge is 0.493 e. The Morgan fingerprint density at radius 3 is 2.36 bits per heavy atom. The van der Waals surface area contributed by atoms with Crippen LogP contribution in [0.4, 0.5) is 11.4 Å². The van der Waals surface area contributed by atoms with Crippen LogP contribution in [0.1, 0.15) is 17.5 Å². The summed E-state index contributed by atoms with van der Waals surface area (Å²) >= 11 is 0. The number of amides is 1. The molecule has 2 aromatic rings. The minimum atomic E-state index is -0.364. The van der Waals surface area contributed by atoms with Gasteiger partial charge in [-0.2, -0.15) is 0 Å². The first-order valence-corrected chi connectivity index (χ1v) is 9.41. The number of para-hydroxylation sites is 2. The number of anilines is 1. The molecule has 0 spiro atoms. The molecule has 148 valence electrons. The summed E-state index contributed by atoms with van der Waals surface area (Å²) in [4.78, 5) is 27.1. The van der Waals surface area contributed by atoms with Crippen LogP contribution in [0.2, 0.25) is 0 Å². The van der Waals surface area contributed by atoms with Crippen molar-refractivity contribution >= 4 is 17.3 Å². The number of aryl methyl sites for hydroxylation is 2. The Balaban J connectivity index is 1.49. The van der Waals surface area contributed by atoms with Crippen molar-refractivity contribution in [3.05, 3.63) is 63.7 Å². The fourth-order valence-electron chi connectivity index (χ4n) is 3.51. The van der Waals surface area contributed by atoms with Crippen molar-refractivity contribution in [2.45, 2.75) is 20.3 Å². The van der Waals surface area contributed by atoms with Gasteiger partial charge in [0.15, 0.2) is 0 Å². The van der Waals surface area contributed by atoms with Gasteiger partial charge in [-0.05, 0) is 43.2 Å². The summed E-state index contributed by atoms with van der Waals surface area (Å²) in [7, 11) is 0. The summed E-state index contributed by atoms with van der Waals surface area (Å²) in [5, 5.41) is 11.2. The highest BCUT2D eigenvalue weighted by Crippen LogP contribution is 2.28. The zero-order chi connectivity index (χ0) is 20.1. The maximum atomic E-state index is 12.5. The molecule has 0 aliphatic carbocycles. The standard InChI is InChI=1S/C21H25N3O4/c1-16-13-17(2)15-18(14-16)28-12-7-21(25)23-10-8-22(9-11-23)19-5-3-4-6-20(19)24(26)27/h3-6,13-15H,7-12H2,1-2H3. The van der Waals surface area contributed by atoms with Crippen LogP contribution in [0.15, 0.2) is 42.5 Å². The van der Waals surface area contributed by atoms with Crippen molar-refractivity contribution in [2.75, 3.05) is 37.7 Å². The number of piperazine rings is 1. The van der Waals surface area contributed by atoms with Crippen LogP contribution in [0.3, 0.4) is 0 Å². The molecule has 28 heavy (non-hydrogen) atoms. The zero-order valence-electron chi connectivity index (χ0n) is 16.3. The van der Waals surface area contributed by atoms with E-state index in [1.54, 1.807) is 23.1 Å². The predicted octanol–water partition coefficient (Wildman–Crippen LogP) is 3.33. The van der Waals surface area contributed by atoms with Crippen LogP contribution in [-0.4, -0.2) is 48.5 Å². The van der Waals surface area contributed by atoms with Crippen LogP contribution in [-0.2, 0) is 4.79 Å². The molecule has 0 saturated carbocycles. The number of hydrogen-bond acceptors (Lipinski definition) is 5. The Morgan fingerprint density at radius 1 is 1.07 bits per heavy atom. The summed E-state index contributed by atoms with van der Waals surface area (Å²) in [5.74, 6) is 0.832. The molecule has 1 amide bonds. The average Bonchev–Trinajstić information content (AvgIpc) is 2.67. The van der Waals surface area contributed by atoms with E-state index in [1.807, 2.05) is 30.9 Å². The maximum absolute atomic E-state index is 12.5. The SMILES string of the molecule is Cc1cc(C)cc(OCCC(=O)N2CCN(c3ccccc3[N+](=O)[O-])CC2)c1. The lowest BCUT2D eigenvalue weighted by molar-refractivity contribution is -0.384. The topological polar surface area (TPSA) is 75.9 Å². The van der Waals surface area contributed by atoms with Crippen molar-refractivity contribution in [1.82, 2.24) is 4.90 Å². The second-order valence-corrected chi connectivity index (χ2v) is 7.04. The lowest BCUT2D eigenvalue weighted by Gasteiger charge is -2.35. The minimum absolute atomic E-state index is 0.0478. The Hall–Kier alpha value is -3.09. The molecule has 7 nitrogen and oxygen atoms in total. The Bertz CT molecular complexity index is 840. The number of nitro benzene ring substituents is 1. The maximum Gasteiger partial charge on any atom is 0.292 e. The first-order valence-electron chi connectivity index (χ1n) is 9.41. The number of carbonyl (C=O) groups is 1. The van der Waals surface area contributed by atoms with Crippen molar-refractivity contribution in [2.24, 2.45) is 0 Å². The summed E-state index contributed by atoms with van der Waals surface area (Å²) < 4.78 is 5.73. The molecule has 1 heterocycles.